The predicted octanol–water partition coefficient (Wildman–Crippen LogP) is 2.68. The number of nitrogens with zero attached hydrogens (tertiary/aromatic N) is 2. The second kappa shape index (κ2) is 5.09. The van der Waals surface area contributed by atoms with Crippen LogP contribution in [-0.4, -0.2) is 34.1 Å². The molecule has 1 atom stereocenters. The van der Waals surface area contributed by atoms with Gasteiger partial charge in [-0.1, -0.05) is 0 Å². The Morgan fingerprint density at radius 1 is 1.53 bits per heavy atom. The van der Waals surface area contributed by atoms with E-state index in [2.05, 4.69) is 10.2 Å². The molecule has 5 nitrogen and oxygen atoms in total. The highest BCUT2D eigenvalue weighted by Crippen LogP contribution is 2.27. The smallest absolute Gasteiger partial charge is 0.258 e. The molecule has 1 saturated heterocycles. The fourth-order valence-electron chi connectivity index (χ4n) is 2.53. The number of halogens is 1. The zero-order chi connectivity index (χ0) is 13.2. The minimum Gasteiger partial charge on any atom is -0.452 e. The Balaban J connectivity index is 1.75. The third kappa shape index (κ3) is 2.38. The molecule has 2 aromatic rings. The second-order valence-electron chi connectivity index (χ2n) is 4.71. The minimum atomic E-state index is -0.0667. The van der Waals surface area contributed by atoms with Crippen molar-refractivity contribution in [1.82, 2.24) is 15.1 Å². The van der Waals surface area contributed by atoms with Gasteiger partial charge in [0.25, 0.3) is 5.91 Å². The monoisotopic (exact) mass is 279 g/mol. The van der Waals surface area contributed by atoms with Crippen LogP contribution in [0.3, 0.4) is 0 Å². The maximum absolute atomic E-state index is 12.4. The Kier molecular flexibility index (Phi) is 3.29. The highest BCUT2D eigenvalue weighted by Gasteiger charge is 2.27. The van der Waals surface area contributed by atoms with Gasteiger partial charge in [0, 0.05) is 30.9 Å². The molecule has 0 radical (unpaired) electrons. The van der Waals surface area contributed by atoms with Crippen LogP contribution >= 0.6 is 11.6 Å². The number of aromatic nitrogens is 2. The number of aromatic amines is 1. The van der Waals surface area contributed by atoms with Crippen molar-refractivity contribution in [3.63, 3.8) is 0 Å². The first kappa shape index (κ1) is 12.3. The Hall–Kier alpha value is -1.75. The van der Waals surface area contributed by atoms with Gasteiger partial charge in [0.1, 0.15) is 0 Å². The third-order valence-corrected chi connectivity index (χ3v) is 3.81. The first-order valence-corrected chi connectivity index (χ1v) is 6.65. The summed E-state index contributed by atoms with van der Waals surface area (Å²) in [6.07, 6.45) is 5.21. The van der Waals surface area contributed by atoms with Crippen molar-refractivity contribution in [1.29, 1.82) is 0 Å². The van der Waals surface area contributed by atoms with E-state index in [4.69, 9.17) is 16.0 Å². The number of hydrogen-bond donors (Lipinski definition) is 1. The first-order chi connectivity index (χ1) is 9.25. The quantitative estimate of drug-likeness (QED) is 0.919. The van der Waals surface area contributed by atoms with Gasteiger partial charge in [-0.2, -0.15) is 5.10 Å². The van der Waals surface area contributed by atoms with Crippen LogP contribution < -0.4 is 0 Å². The van der Waals surface area contributed by atoms with Crippen LogP contribution in [-0.2, 0) is 0 Å². The molecule has 0 bridgehead atoms. The lowest BCUT2D eigenvalue weighted by Gasteiger charge is -2.32. The van der Waals surface area contributed by atoms with E-state index >= 15 is 0 Å². The average molecular weight is 280 g/mol. The Morgan fingerprint density at radius 2 is 2.42 bits per heavy atom. The lowest BCUT2D eigenvalue weighted by molar-refractivity contribution is 0.0705. The highest BCUT2D eigenvalue weighted by molar-refractivity contribution is 6.32. The molecule has 0 aromatic carbocycles. The number of furan rings is 1. The van der Waals surface area contributed by atoms with Crippen LogP contribution in [0.25, 0.3) is 0 Å². The standard InChI is InChI=1S/C13H14ClN3O2/c14-12-10(4-7-19-12)13(18)17-6-1-2-9(8-17)11-3-5-15-16-11/h3-5,7,9H,1-2,6,8H2,(H,15,16). The van der Waals surface area contributed by atoms with E-state index < -0.39 is 0 Å². The summed E-state index contributed by atoms with van der Waals surface area (Å²) in [5.41, 5.74) is 1.52. The molecule has 1 unspecified atom stereocenters. The molecule has 3 rings (SSSR count). The van der Waals surface area contributed by atoms with Gasteiger partial charge in [0.15, 0.2) is 0 Å². The summed E-state index contributed by atoms with van der Waals surface area (Å²) in [7, 11) is 0. The van der Waals surface area contributed by atoms with Crippen molar-refractivity contribution in [2.24, 2.45) is 0 Å². The third-order valence-electron chi connectivity index (χ3n) is 3.52. The molecule has 1 fully saturated rings. The number of amides is 1. The van der Waals surface area contributed by atoms with Crippen LogP contribution in [0.4, 0.5) is 0 Å². The average Bonchev–Trinajstić information content (AvgIpc) is 3.09. The molecule has 1 aliphatic heterocycles. The molecule has 1 aliphatic rings. The summed E-state index contributed by atoms with van der Waals surface area (Å²) in [5, 5.41) is 7.11. The minimum absolute atomic E-state index is 0.0667. The van der Waals surface area contributed by atoms with Gasteiger partial charge < -0.3 is 9.32 Å². The van der Waals surface area contributed by atoms with Gasteiger partial charge in [0.2, 0.25) is 5.22 Å². The number of H-pyrrole nitrogens is 1. The predicted molar refractivity (Wildman–Crippen MR) is 70.2 cm³/mol. The van der Waals surface area contributed by atoms with E-state index in [1.165, 1.54) is 6.26 Å². The van der Waals surface area contributed by atoms with E-state index in [-0.39, 0.29) is 11.1 Å². The molecular weight excluding hydrogens is 266 g/mol. The summed E-state index contributed by atoms with van der Waals surface area (Å²) in [4.78, 5) is 14.2. The fraction of sp³-hybridized carbons (Fsp3) is 0.385. The molecule has 0 saturated carbocycles. The van der Waals surface area contributed by atoms with Gasteiger partial charge >= 0.3 is 0 Å². The highest BCUT2D eigenvalue weighted by atomic mass is 35.5. The number of rotatable bonds is 2. The summed E-state index contributed by atoms with van der Waals surface area (Å²) in [6, 6.07) is 3.58. The van der Waals surface area contributed by atoms with E-state index in [1.807, 2.05) is 11.0 Å². The van der Waals surface area contributed by atoms with Crippen LogP contribution in [0.5, 0.6) is 0 Å². The zero-order valence-electron chi connectivity index (χ0n) is 10.3. The Morgan fingerprint density at radius 3 is 3.11 bits per heavy atom. The Bertz CT molecular complexity index is 564. The maximum Gasteiger partial charge on any atom is 0.258 e. The largest absolute Gasteiger partial charge is 0.452 e. The summed E-state index contributed by atoms with van der Waals surface area (Å²) < 4.78 is 4.98. The molecule has 1 N–H and O–H groups in total. The van der Waals surface area contributed by atoms with Gasteiger partial charge in [0.05, 0.1) is 11.8 Å². The van der Waals surface area contributed by atoms with E-state index in [0.29, 0.717) is 18.0 Å². The lowest BCUT2D eigenvalue weighted by Crippen LogP contribution is -2.39. The second-order valence-corrected chi connectivity index (χ2v) is 5.05. The summed E-state index contributed by atoms with van der Waals surface area (Å²) in [6.45, 7) is 1.44. The van der Waals surface area contributed by atoms with Gasteiger partial charge in [-0.05, 0) is 36.6 Å². The molecule has 19 heavy (non-hydrogen) atoms. The van der Waals surface area contributed by atoms with Crippen LogP contribution in [0.1, 0.15) is 34.8 Å². The van der Waals surface area contributed by atoms with Crippen molar-refractivity contribution < 1.29 is 9.21 Å². The van der Waals surface area contributed by atoms with Crippen LogP contribution in [0, 0.1) is 0 Å². The topological polar surface area (TPSA) is 62.1 Å². The fourth-order valence-corrected chi connectivity index (χ4v) is 2.72. The molecule has 100 valence electrons. The number of carbonyl (C=O) groups excluding carboxylic acids is 1. The molecule has 3 heterocycles. The number of likely N-dealkylation sites (tertiary alicyclic amines) is 1. The van der Waals surface area contributed by atoms with Crippen molar-refractivity contribution >= 4 is 17.5 Å². The van der Waals surface area contributed by atoms with E-state index in [9.17, 15) is 4.79 Å². The Labute approximate surface area is 115 Å². The summed E-state index contributed by atoms with van der Waals surface area (Å²) >= 11 is 5.86. The maximum atomic E-state index is 12.4. The summed E-state index contributed by atoms with van der Waals surface area (Å²) in [5.74, 6) is 0.244. The number of piperidine rings is 1. The molecule has 0 spiro atoms. The normalized spacial score (nSPS) is 19.6. The first-order valence-electron chi connectivity index (χ1n) is 6.27. The lowest BCUT2D eigenvalue weighted by atomic mass is 9.94. The number of hydrogen-bond acceptors (Lipinski definition) is 3. The van der Waals surface area contributed by atoms with Gasteiger partial charge in [-0.15, -0.1) is 0 Å². The number of nitrogens with one attached hydrogen (secondary N) is 1. The van der Waals surface area contributed by atoms with Gasteiger partial charge in [-0.3, -0.25) is 9.89 Å². The van der Waals surface area contributed by atoms with Crippen molar-refractivity contribution in [3.05, 3.63) is 41.1 Å². The zero-order valence-corrected chi connectivity index (χ0v) is 11.1. The van der Waals surface area contributed by atoms with Gasteiger partial charge in [-0.25, -0.2) is 0 Å². The van der Waals surface area contributed by atoms with E-state index in [1.54, 1.807) is 12.3 Å². The molecule has 6 heteroatoms. The van der Waals surface area contributed by atoms with Crippen molar-refractivity contribution in [2.45, 2.75) is 18.8 Å². The molecule has 1 amide bonds. The van der Waals surface area contributed by atoms with Crippen LogP contribution in [0.2, 0.25) is 5.22 Å². The van der Waals surface area contributed by atoms with Crippen LogP contribution in [0.15, 0.2) is 29.0 Å². The molecular formula is C13H14ClN3O2. The molecule has 2 aromatic heterocycles. The number of carbonyl (C=O) groups is 1. The van der Waals surface area contributed by atoms with Crippen molar-refractivity contribution in [2.75, 3.05) is 13.1 Å². The van der Waals surface area contributed by atoms with E-state index in [0.717, 1.165) is 25.1 Å². The van der Waals surface area contributed by atoms with Crippen molar-refractivity contribution in [3.8, 4) is 0 Å². The SMILES string of the molecule is O=C(c1ccoc1Cl)N1CCCC(c2ccn[nH]2)C1. The molecule has 0 aliphatic carbocycles.